The van der Waals surface area contributed by atoms with Gasteiger partial charge in [0.1, 0.15) is 0 Å². The second kappa shape index (κ2) is 13.6. The predicted molar refractivity (Wildman–Crippen MR) is 62.2 cm³/mol. The van der Waals surface area contributed by atoms with Gasteiger partial charge in [-0.05, 0) is 0 Å². The first kappa shape index (κ1) is 24.0. The Kier molecular flexibility index (Phi) is 21.7. The Hall–Kier alpha value is -0.420. The van der Waals surface area contributed by atoms with E-state index in [2.05, 4.69) is 55.2 Å². The lowest BCUT2D eigenvalue weighted by atomic mass is 11.0. The summed E-state index contributed by atoms with van der Waals surface area (Å²) < 4.78 is 6.58. The van der Waals surface area contributed by atoms with Gasteiger partial charge in [-0.3, -0.25) is 4.70 Å². The normalized spacial score (nSPS) is 8.93. The van der Waals surface area contributed by atoms with Gasteiger partial charge in [0.05, 0.1) is 6.07 Å². The summed E-state index contributed by atoms with van der Waals surface area (Å²) in [5.74, 6) is 0. The standard InChI is InChI=1S/C6H18N3S.C2H3N.2FH/c1-7(2)10(8(3)4)9(5)6;1-2-3;;/h1-6H3;1H3;2*1H/q+1;;;/p-1. The average Bonchev–Trinajstić information content (AvgIpc) is 1.84. The smallest absolute Gasteiger partial charge is 0.266 e. The van der Waals surface area contributed by atoms with Gasteiger partial charge >= 0.3 is 0 Å². The van der Waals surface area contributed by atoms with Gasteiger partial charge in [-0.2, -0.15) is 5.26 Å². The van der Waals surface area contributed by atoms with E-state index in [1.807, 2.05) is 0 Å². The number of nitriles is 1. The molecule has 0 heterocycles. The fraction of sp³-hybridized carbons (Fsp3) is 0.875. The van der Waals surface area contributed by atoms with Gasteiger partial charge in [-0.15, -0.1) is 0 Å². The van der Waals surface area contributed by atoms with E-state index < -0.39 is 0 Å². The molecule has 0 spiro atoms. The highest BCUT2D eigenvalue weighted by molar-refractivity contribution is 7.90. The van der Waals surface area contributed by atoms with Crippen LogP contribution in [0.4, 0.5) is 4.70 Å². The second-order valence-corrected chi connectivity index (χ2v) is 5.59. The Morgan fingerprint density at radius 1 is 0.867 bits per heavy atom. The van der Waals surface area contributed by atoms with Crippen LogP contribution < -0.4 is 4.70 Å². The van der Waals surface area contributed by atoms with Gasteiger partial charge < -0.3 is 4.70 Å². The summed E-state index contributed by atoms with van der Waals surface area (Å²) in [6, 6.07) is 1.75. The molecule has 0 radical (unpaired) electrons. The van der Waals surface area contributed by atoms with Gasteiger partial charge in [0.2, 0.25) is 0 Å². The molecule has 0 amide bonds. The first-order valence-corrected chi connectivity index (χ1v) is 5.05. The largest absolute Gasteiger partial charge is 1.00 e. The summed E-state index contributed by atoms with van der Waals surface area (Å²) >= 11 is 0.120. The maximum Gasteiger partial charge on any atom is 0.266 e. The molecule has 94 valence electrons. The van der Waals surface area contributed by atoms with Crippen LogP contribution >= 0.6 is 0 Å². The lowest BCUT2D eigenvalue weighted by molar-refractivity contribution is -0.00000428. The summed E-state index contributed by atoms with van der Waals surface area (Å²) in [7, 11) is 12.5. The van der Waals surface area contributed by atoms with Crippen LogP contribution in [0.5, 0.6) is 0 Å². The van der Waals surface area contributed by atoms with Crippen LogP contribution in [0.2, 0.25) is 0 Å². The average molecular weight is 244 g/mol. The highest BCUT2D eigenvalue weighted by atomic mass is 32.2. The Balaban J connectivity index is -0.000000108. The van der Waals surface area contributed by atoms with Crippen LogP contribution in [0.1, 0.15) is 6.92 Å². The van der Waals surface area contributed by atoms with Crippen molar-refractivity contribution >= 4 is 11.5 Å². The molecule has 0 aliphatic carbocycles. The number of nitrogens with zero attached hydrogens (tertiary/aromatic N) is 4. The van der Waals surface area contributed by atoms with Crippen molar-refractivity contribution in [2.75, 3.05) is 42.3 Å². The molecule has 0 aliphatic rings. The van der Waals surface area contributed by atoms with Crippen molar-refractivity contribution in [1.29, 1.82) is 5.26 Å². The molecule has 0 atom stereocenters. The fourth-order valence-electron chi connectivity index (χ4n) is 0.980. The van der Waals surface area contributed by atoms with E-state index in [4.69, 9.17) is 5.26 Å². The highest BCUT2D eigenvalue weighted by Crippen LogP contribution is 2.05. The Morgan fingerprint density at radius 3 is 1.00 bits per heavy atom. The zero-order valence-corrected chi connectivity index (χ0v) is 11.3. The van der Waals surface area contributed by atoms with Gasteiger partial charge in [-0.1, -0.05) is 12.9 Å². The summed E-state index contributed by atoms with van der Waals surface area (Å²) in [6.07, 6.45) is 0. The number of rotatable bonds is 3. The highest BCUT2D eigenvalue weighted by Gasteiger charge is 2.29. The van der Waals surface area contributed by atoms with Gasteiger partial charge in [0.15, 0.2) is 0 Å². The molecular formula is C8H22F2N4S. The zero-order valence-electron chi connectivity index (χ0n) is 10.5. The van der Waals surface area contributed by atoms with E-state index >= 15 is 0 Å². The maximum atomic E-state index is 7.32. The van der Waals surface area contributed by atoms with E-state index in [9.17, 15) is 0 Å². The van der Waals surface area contributed by atoms with Gasteiger partial charge in [0, 0.05) is 49.2 Å². The summed E-state index contributed by atoms with van der Waals surface area (Å²) in [4.78, 5) is 0. The molecule has 15 heavy (non-hydrogen) atoms. The number of hydrogen-bond donors (Lipinski definition) is 0. The molecule has 0 aromatic rings. The minimum absolute atomic E-state index is 0. The van der Waals surface area contributed by atoms with Crippen molar-refractivity contribution in [3.05, 3.63) is 0 Å². The third-order valence-electron chi connectivity index (χ3n) is 0.980. The maximum absolute atomic E-state index is 7.32. The molecule has 0 saturated heterocycles. The van der Waals surface area contributed by atoms with Crippen LogP contribution in [0.15, 0.2) is 0 Å². The van der Waals surface area contributed by atoms with E-state index in [1.165, 1.54) is 6.92 Å². The molecule has 0 aromatic heterocycles. The predicted octanol–water partition coefficient (Wildman–Crippen LogP) is -2.28. The molecule has 0 saturated carbocycles. The van der Waals surface area contributed by atoms with Crippen LogP contribution in [-0.2, 0) is 11.5 Å². The van der Waals surface area contributed by atoms with Crippen molar-refractivity contribution in [2.45, 2.75) is 6.92 Å². The van der Waals surface area contributed by atoms with Crippen molar-refractivity contribution in [2.24, 2.45) is 0 Å². The molecule has 0 rings (SSSR count). The van der Waals surface area contributed by atoms with Crippen molar-refractivity contribution < 1.29 is 9.41 Å². The van der Waals surface area contributed by atoms with E-state index in [0.717, 1.165) is 0 Å². The molecule has 0 fully saturated rings. The van der Waals surface area contributed by atoms with Gasteiger partial charge in [0.25, 0.3) is 11.5 Å². The van der Waals surface area contributed by atoms with Gasteiger partial charge in [-0.25, -0.2) is 0 Å². The van der Waals surface area contributed by atoms with E-state index in [-0.39, 0.29) is 20.9 Å². The zero-order chi connectivity index (χ0) is 11.0. The van der Waals surface area contributed by atoms with Crippen LogP contribution in [0, 0.1) is 11.3 Å². The lowest BCUT2D eigenvalue weighted by Crippen LogP contribution is -3.00. The van der Waals surface area contributed by atoms with E-state index in [1.54, 1.807) is 6.07 Å². The molecule has 0 bridgehead atoms. The van der Waals surface area contributed by atoms with Crippen molar-refractivity contribution in [3.63, 3.8) is 0 Å². The third kappa shape index (κ3) is 13.6. The van der Waals surface area contributed by atoms with Crippen molar-refractivity contribution in [1.82, 2.24) is 12.9 Å². The first-order valence-electron chi connectivity index (χ1n) is 3.95. The monoisotopic (exact) mass is 244 g/mol. The molecule has 0 unspecified atom stereocenters. The molecule has 4 nitrogen and oxygen atoms in total. The molecule has 0 N–H and O–H groups in total. The molecule has 7 heteroatoms. The second-order valence-electron chi connectivity index (χ2n) is 2.91. The Bertz CT molecular complexity index is 140. The number of hydrogen-bond acceptors (Lipinski definition) is 4. The quantitative estimate of drug-likeness (QED) is 0.524. The summed E-state index contributed by atoms with van der Waals surface area (Å²) in [5, 5.41) is 7.32. The van der Waals surface area contributed by atoms with Crippen LogP contribution in [-0.4, -0.2) is 55.2 Å². The van der Waals surface area contributed by atoms with Crippen LogP contribution in [0.3, 0.4) is 0 Å². The molecular weight excluding hydrogens is 222 g/mol. The topological polar surface area (TPSA) is 33.5 Å². The Morgan fingerprint density at radius 2 is 1.00 bits per heavy atom. The summed E-state index contributed by atoms with van der Waals surface area (Å²) in [5.41, 5.74) is 0. The number of halogens is 2. The lowest BCUT2D eigenvalue weighted by Gasteiger charge is -2.20. The summed E-state index contributed by atoms with van der Waals surface area (Å²) in [6.45, 7) is 1.43. The SMILES string of the molecule is CC#N.CN(C)[S+](N(C)C)N(C)C.F.[F-]. The third-order valence-corrected chi connectivity index (χ3v) is 2.94. The minimum Gasteiger partial charge on any atom is -1.00 e. The minimum atomic E-state index is 0. The molecule has 0 aromatic carbocycles. The fourth-order valence-corrected chi connectivity index (χ4v) is 2.94. The first-order chi connectivity index (χ1) is 5.88. The molecule has 0 aliphatic heterocycles. The van der Waals surface area contributed by atoms with Crippen LogP contribution in [0.25, 0.3) is 0 Å². The Labute approximate surface area is 94.9 Å². The van der Waals surface area contributed by atoms with Crippen molar-refractivity contribution in [3.8, 4) is 6.07 Å². The van der Waals surface area contributed by atoms with E-state index in [0.29, 0.717) is 0 Å².